The zero-order valence-corrected chi connectivity index (χ0v) is 15.0. The highest BCUT2D eigenvalue weighted by Gasteiger charge is 2.47. The third kappa shape index (κ3) is 3.17. The molecule has 24 heavy (non-hydrogen) atoms. The molecule has 2 saturated heterocycles. The highest BCUT2D eigenvalue weighted by Crippen LogP contribution is 2.35. The second kappa shape index (κ2) is 6.55. The second-order valence-corrected chi connectivity index (χ2v) is 7.54. The number of carbonyl (C=O) groups excluding carboxylic acids is 3. The van der Waals surface area contributed by atoms with Gasteiger partial charge in [-0.3, -0.25) is 14.4 Å². The van der Waals surface area contributed by atoms with Crippen molar-refractivity contribution in [2.45, 2.75) is 20.3 Å². The van der Waals surface area contributed by atoms with E-state index in [1.54, 1.807) is 11.8 Å². The first-order valence-electron chi connectivity index (χ1n) is 8.29. The molecular formula is C17H23N3O3S. The Hall–Kier alpha value is -1.89. The number of nitrogens with zero attached hydrogens (tertiary/aromatic N) is 3. The molecule has 6 nitrogen and oxygen atoms in total. The summed E-state index contributed by atoms with van der Waals surface area (Å²) in [5.41, 5.74) is 0.323. The number of hydrogen-bond donors (Lipinski definition) is 0. The Labute approximate surface area is 146 Å². The molecule has 3 amide bonds. The standard InChI is InChI=1S/C17H23N3O3S/c1-3-18-10-17(8-15(18)22)11-19(13(2)21)5-6-20(12-17)16(23)14-4-7-24-9-14/h4,7,9H,3,5-6,8,10-12H2,1-2H3/t17-/m1/s1. The summed E-state index contributed by atoms with van der Waals surface area (Å²) >= 11 is 1.50. The van der Waals surface area contributed by atoms with E-state index >= 15 is 0 Å². The van der Waals surface area contributed by atoms with E-state index in [2.05, 4.69) is 0 Å². The Morgan fingerprint density at radius 3 is 2.50 bits per heavy atom. The maximum atomic E-state index is 12.8. The Morgan fingerprint density at radius 2 is 1.92 bits per heavy atom. The number of carbonyl (C=O) groups is 3. The van der Waals surface area contributed by atoms with E-state index in [-0.39, 0.29) is 23.1 Å². The van der Waals surface area contributed by atoms with Gasteiger partial charge < -0.3 is 14.7 Å². The fraction of sp³-hybridized carbons (Fsp3) is 0.588. The summed E-state index contributed by atoms with van der Waals surface area (Å²) < 4.78 is 0. The van der Waals surface area contributed by atoms with Crippen LogP contribution in [0, 0.1) is 5.41 Å². The van der Waals surface area contributed by atoms with Gasteiger partial charge in [0.05, 0.1) is 5.56 Å². The van der Waals surface area contributed by atoms with Crippen LogP contribution in [0.25, 0.3) is 0 Å². The van der Waals surface area contributed by atoms with Gasteiger partial charge in [0.2, 0.25) is 11.8 Å². The van der Waals surface area contributed by atoms with Crippen LogP contribution in [-0.2, 0) is 9.59 Å². The zero-order chi connectivity index (χ0) is 17.3. The van der Waals surface area contributed by atoms with Gasteiger partial charge in [-0.1, -0.05) is 0 Å². The minimum Gasteiger partial charge on any atom is -0.342 e. The van der Waals surface area contributed by atoms with Crippen LogP contribution < -0.4 is 0 Å². The molecule has 1 atom stereocenters. The van der Waals surface area contributed by atoms with Gasteiger partial charge in [0.1, 0.15) is 0 Å². The van der Waals surface area contributed by atoms with Crippen LogP contribution in [0.3, 0.4) is 0 Å². The van der Waals surface area contributed by atoms with Gasteiger partial charge in [0.15, 0.2) is 0 Å². The number of likely N-dealkylation sites (tertiary alicyclic amines) is 1. The van der Waals surface area contributed by atoms with Crippen molar-refractivity contribution < 1.29 is 14.4 Å². The van der Waals surface area contributed by atoms with E-state index in [0.29, 0.717) is 51.3 Å². The van der Waals surface area contributed by atoms with Gasteiger partial charge in [-0.25, -0.2) is 0 Å². The Morgan fingerprint density at radius 1 is 1.21 bits per heavy atom. The zero-order valence-electron chi connectivity index (χ0n) is 14.2. The van der Waals surface area contributed by atoms with Crippen molar-refractivity contribution in [3.05, 3.63) is 22.4 Å². The summed E-state index contributed by atoms with van der Waals surface area (Å²) in [6.45, 7) is 6.89. The monoisotopic (exact) mass is 349 g/mol. The minimum absolute atomic E-state index is 0.00149. The van der Waals surface area contributed by atoms with Gasteiger partial charge in [0, 0.05) is 63.4 Å². The molecule has 2 fully saturated rings. The van der Waals surface area contributed by atoms with Crippen molar-refractivity contribution in [1.29, 1.82) is 0 Å². The van der Waals surface area contributed by atoms with E-state index in [1.807, 2.05) is 33.6 Å². The third-order valence-electron chi connectivity index (χ3n) is 4.98. The van der Waals surface area contributed by atoms with E-state index in [1.165, 1.54) is 11.3 Å². The van der Waals surface area contributed by atoms with Gasteiger partial charge in [0.25, 0.3) is 5.91 Å². The maximum absolute atomic E-state index is 12.8. The topological polar surface area (TPSA) is 60.9 Å². The minimum atomic E-state index is -0.360. The summed E-state index contributed by atoms with van der Waals surface area (Å²) in [5.74, 6) is 0.107. The lowest BCUT2D eigenvalue weighted by atomic mass is 9.85. The lowest BCUT2D eigenvalue weighted by Crippen LogP contribution is -2.45. The summed E-state index contributed by atoms with van der Waals surface area (Å²) in [6.07, 6.45) is 0.401. The van der Waals surface area contributed by atoms with Gasteiger partial charge in [-0.15, -0.1) is 0 Å². The summed E-state index contributed by atoms with van der Waals surface area (Å²) in [4.78, 5) is 42.5. The Bertz CT molecular complexity index is 646. The highest BCUT2D eigenvalue weighted by atomic mass is 32.1. The maximum Gasteiger partial charge on any atom is 0.254 e. The van der Waals surface area contributed by atoms with E-state index in [0.717, 1.165) is 0 Å². The van der Waals surface area contributed by atoms with E-state index in [9.17, 15) is 14.4 Å². The normalized spacial score (nSPS) is 24.6. The van der Waals surface area contributed by atoms with Crippen LogP contribution in [0.1, 0.15) is 30.6 Å². The molecule has 0 aliphatic carbocycles. The molecule has 3 heterocycles. The fourth-order valence-electron chi connectivity index (χ4n) is 3.75. The molecule has 1 aromatic heterocycles. The van der Waals surface area contributed by atoms with Crippen LogP contribution in [0.15, 0.2) is 16.8 Å². The second-order valence-electron chi connectivity index (χ2n) is 6.76. The number of hydrogen-bond acceptors (Lipinski definition) is 4. The van der Waals surface area contributed by atoms with Crippen LogP contribution >= 0.6 is 11.3 Å². The number of rotatable bonds is 2. The third-order valence-corrected chi connectivity index (χ3v) is 5.66. The van der Waals surface area contributed by atoms with E-state index in [4.69, 9.17) is 0 Å². The van der Waals surface area contributed by atoms with Crippen LogP contribution in [-0.4, -0.2) is 71.7 Å². The van der Waals surface area contributed by atoms with Crippen molar-refractivity contribution in [1.82, 2.24) is 14.7 Å². The smallest absolute Gasteiger partial charge is 0.254 e. The van der Waals surface area contributed by atoms with Crippen LogP contribution in [0.5, 0.6) is 0 Å². The molecule has 130 valence electrons. The molecule has 0 unspecified atom stereocenters. The van der Waals surface area contributed by atoms with Crippen molar-refractivity contribution in [3.63, 3.8) is 0 Å². The summed E-state index contributed by atoms with van der Waals surface area (Å²) in [7, 11) is 0. The number of thiophene rings is 1. The Balaban J connectivity index is 1.87. The first-order chi connectivity index (χ1) is 11.4. The predicted molar refractivity (Wildman–Crippen MR) is 91.8 cm³/mol. The lowest BCUT2D eigenvalue weighted by molar-refractivity contribution is -0.130. The van der Waals surface area contributed by atoms with E-state index < -0.39 is 0 Å². The Kier molecular flexibility index (Phi) is 4.62. The van der Waals surface area contributed by atoms with Crippen LogP contribution in [0.4, 0.5) is 0 Å². The molecule has 1 spiro atoms. The summed E-state index contributed by atoms with van der Waals surface area (Å²) in [5, 5.41) is 3.74. The van der Waals surface area contributed by atoms with Crippen LogP contribution in [0.2, 0.25) is 0 Å². The van der Waals surface area contributed by atoms with Crippen molar-refractivity contribution in [2.24, 2.45) is 5.41 Å². The fourth-order valence-corrected chi connectivity index (χ4v) is 4.38. The molecular weight excluding hydrogens is 326 g/mol. The molecule has 2 aliphatic rings. The quantitative estimate of drug-likeness (QED) is 0.808. The molecule has 7 heteroatoms. The predicted octanol–water partition coefficient (Wildman–Crippen LogP) is 1.29. The average molecular weight is 349 g/mol. The number of amides is 3. The highest BCUT2D eigenvalue weighted by molar-refractivity contribution is 7.08. The first kappa shape index (κ1) is 17.0. The molecule has 0 radical (unpaired) electrons. The molecule has 0 N–H and O–H groups in total. The van der Waals surface area contributed by atoms with Gasteiger partial charge in [-0.05, 0) is 18.4 Å². The molecule has 0 aromatic carbocycles. The molecule has 2 aliphatic heterocycles. The summed E-state index contributed by atoms with van der Waals surface area (Å²) in [6, 6.07) is 1.82. The lowest BCUT2D eigenvalue weighted by Gasteiger charge is -2.33. The van der Waals surface area contributed by atoms with Crippen molar-refractivity contribution in [2.75, 3.05) is 39.3 Å². The average Bonchev–Trinajstić information content (AvgIpc) is 3.12. The first-order valence-corrected chi connectivity index (χ1v) is 9.23. The SMILES string of the molecule is CCN1C[C@]2(CC1=O)CN(C(C)=O)CCN(C(=O)c1ccsc1)C2. The molecule has 3 rings (SSSR count). The molecule has 1 aromatic rings. The molecule has 0 bridgehead atoms. The van der Waals surface area contributed by atoms with Gasteiger partial charge >= 0.3 is 0 Å². The van der Waals surface area contributed by atoms with Crippen molar-refractivity contribution >= 4 is 29.1 Å². The van der Waals surface area contributed by atoms with Gasteiger partial charge in [-0.2, -0.15) is 11.3 Å². The molecule has 0 saturated carbocycles. The van der Waals surface area contributed by atoms with Crippen molar-refractivity contribution in [3.8, 4) is 0 Å². The largest absolute Gasteiger partial charge is 0.342 e.